The summed E-state index contributed by atoms with van der Waals surface area (Å²) in [7, 11) is 8.80. The number of rotatable bonds is 9. The van der Waals surface area contributed by atoms with Crippen LogP contribution in [0.3, 0.4) is 0 Å². The van der Waals surface area contributed by atoms with Crippen LogP contribution in [0.1, 0.15) is 5.69 Å². The number of aryl methyl sites for hydroxylation is 1. The first-order valence-corrected chi connectivity index (χ1v) is 8.28. The van der Waals surface area contributed by atoms with Gasteiger partial charge in [-0.2, -0.15) is 4.98 Å². The van der Waals surface area contributed by atoms with Crippen molar-refractivity contribution in [1.29, 1.82) is 0 Å². The van der Waals surface area contributed by atoms with E-state index in [0.29, 0.717) is 23.2 Å². The highest BCUT2D eigenvalue weighted by molar-refractivity contribution is 5.66. The summed E-state index contributed by atoms with van der Waals surface area (Å²) in [5.74, 6) is 2.93. The molecule has 1 aromatic heterocycles. The molecule has 0 radical (unpaired) electrons. The van der Waals surface area contributed by atoms with Crippen molar-refractivity contribution in [3.8, 4) is 17.2 Å². The number of ether oxygens (including phenoxy) is 3. The third-order valence-corrected chi connectivity index (χ3v) is 3.64. The first kappa shape index (κ1) is 19.6. The largest absolute Gasteiger partial charge is 0.493 e. The third kappa shape index (κ3) is 5.13. The van der Waals surface area contributed by atoms with Crippen molar-refractivity contribution < 1.29 is 14.2 Å². The smallest absolute Gasteiger partial charge is 0.229 e. The number of methoxy groups -OCH3 is 3. The van der Waals surface area contributed by atoms with E-state index in [0.717, 1.165) is 30.3 Å². The number of anilines is 3. The van der Waals surface area contributed by atoms with Gasteiger partial charge < -0.3 is 29.7 Å². The van der Waals surface area contributed by atoms with Crippen LogP contribution in [-0.4, -0.2) is 63.4 Å². The Morgan fingerprint density at radius 1 is 0.962 bits per heavy atom. The SMILES string of the molecule is COc1cc(Nc2nc(C)cc(NCCN(C)C)n2)cc(OC)c1OC. The molecule has 0 amide bonds. The highest BCUT2D eigenvalue weighted by atomic mass is 16.5. The summed E-state index contributed by atoms with van der Waals surface area (Å²) >= 11 is 0. The highest BCUT2D eigenvalue weighted by Crippen LogP contribution is 2.40. The Hall–Kier alpha value is -2.74. The minimum Gasteiger partial charge on any atom is -0.493 e. The van der Waals surface area contributed by atoms with Crippen LogP contribution in [0.15, 0.2) is 18.2 Å². The van der Waals surface area contributed by atoms with Gasteiger partial charge in [-0.05, 0) is 21.0 Å². The lowest BCUT2D eigenvalue weighted by Gasteiger charge is -2.15. The lowest BCUT2D eigenvalue weighted by molar-refractivity contribution is 0.324. The predicted molar refractivity (Wildman–Crippen MR) is 103 cm³/mol. The molecule has 0 saturated carbocycles. The predicted octanol–water partition coefficient (Wildman–Crippen LogP) is 2.53. The fraction of sp³-hybridized carbons (Fsp3) is 0.444. The number of nitrogens with one attached hydrogen (secondary N) is 2. The molecule has 0 aliphatic heterocycles. The lowest BCUT2D eigenvalue weighted by Crippen LogP contribution is -2.21. The van der Waals surface area contributed by atoms with Crippen LogP contribution in [0.4, 0.5) is 17.5 Å². The zero-order valence-corrected chi connectivity index (χ0v) is 16.2. The second-order valence-electron chi connectivity index (χ2n) is 5.99. The van der Waals surface area contributed by atoms with Gasteiger partial charge in [-0.15, -0.1) is 0 Å². The summed E-state index contributed by atoms with van der Waals surface area (Å²) < 4.78 is 16.1. The molecule has 0 saturated heterocycles. The van der Waals surface area contributed by atoms with E-state index in [1.54, 1.807) is 21.3 Å². The van der Waals surface area contributed by atoms with Gasteiger partial charge in [-0.25, -0.2) is 4.98 Å². The molecular weight excluding hydrogens is 334 g/mol. The van der Waals surface area contributed by atoms with Gasteiger partial charge >= 0.3 is 0 Å². The molecule has 2 aromatic rings. The Morgan fingerprint density at radius 3 is 2.15 bits per heavy atom. The van der Waals surface area contributed by atoms with Crippen LogP contribution in [-0.2, 0) is 0 Å². The van der Waals surface area contributed by atoms with E-state index in [-0.39, 0.29) is 0 Å². The maximum absolute atomic E-state index is 5.38. The van der Waals surface area contributed by atoms with Crippen molar-refractivity contribution in [1.82, 2.24) is 14.9 Å². The van der Waals surface area contributed by atoms with Gasteiger partial charge in [0.25, 0.3) is 0 Å². The summed E-state index contributed by atoms with van der Waals surface area (Å²) in [5.41, 5.74) is 1.60. The molecule has 0 unspecified atom stereocenters. The monoisotopic (exact) mass is 361 g/mol. The van der Waals surface area contributed by atoms with E-state index in [2.05, 4.69) is 25.5 Å². The van der Waals surface area contributed by atoms with Crippen molar-refractivity contribution >= 4 is 17.5 Å². The fourth-order valence-corrected chi connectivity index (χ4v) is 2.40. The Balaban J connectivity index is 2.23. The quantitative estimate of drug-likeness (QED) is 0.705. The molecule has 142 valence electrons. The third-order valence-electron chi connectivity index (χ3n) is 3.64. The topological polar surface area (TPSA) is 80.8 Å². The van der Waals surface area contributed by atoms with Crippen molar-refractivity contribution in [3.05, 3.63) is 23.9 Å². The van der Waals surface area contributed by atoms with Gasteiger partial charge in [0.05, 0.1) is 21.3 Å². The molecule has 8 heteroatoms. The second-order valence-corrected chi connectivity index (χ2v) is 5.99. The zero-order valence-electron chi connectivity index (χ0n) is 16.2. The summed E-state index contributed by atoms with van der Waals surface area (Å²) in [6.45, 7) is 3.64. The summed E-state index contributed by atoms with van der Waals surface area (Å²) in [4.78, 5) is 11.1. The molecule has 26 heavy (non-hydrogen) atoms. The average molecular weight is 361 g/mol. The lowest BCUT2D eigenvalue weighted by atomic mass is 10.2. The van der Waals surface area contributed by atoms with Crippen LogP contribution in [0.2, 0.25) is 0 Å². The minimum absolute atomic E-state index is 0.492. The van der Waals surface area contributed by atoms with Gasteiger partial charge in [0.1, 0.15) is 5.82 Å². The van der Waals surface area contributed by atoms with Crippen LogP contribution >= 0.6 is 0 Å². The molecule has 2 rings (SSSR count). The van der Waals surface area contributed by atoms with Crippen molar-refractivity contribution in [2.75, 3.05) is 59.1 Å². The zero-order chi connectivity index (χ0) is 19.1. The van der Waals surface area contributed by atoms with Crippen molar-refractivity contribution in [3.63, 3.8) is 0 Å². The highest BCUT2D eigenvalue weighted by Gasteiger charge is 2.14. The van der Waals surface area contributed by atoms with Gasteiger partial charge in [0.2, 0.25) is 11.7 Å². The fourth-order valence-electron chi connectivity index (χ4n) is 2.40. The van der Waals surface area contributed by atoms with Crippen molar-refractivity contribution in [2.24, 2.45) is 0 Å². The van der Waals surface area contributed by atoms with E-state index in [9.17, 15) is 0 Å². The molecule has 8 nitrogen and oxygen atoms in total. The average Bonchev–Trinajstić information content (AvgIpc) is 2.60. The molecule has 0 bridgehead atoms. The molecule has 1 heterocycles. The number of nitrogens with zero attached hydrogens (tertiary/aromatic N) is 3. The number of likely N-dealkylation sites (N-methyl/N-ethyl adjacent to an activating group) is 1. The van der Waals surface area contributed by atoms with Crippen LogP contribution in [0.25, 0.3) is 0 Å². The summed E-state index contributed by atoms with van der Waals surface area (Å²) in [6.07, 6.45) is 0. The van der Waals surface area contributed by atoms with E-state index < -0.39 is 0 Å². The van der Waals surface area contributed by atoms with E-state index in [4.69, 9.17) is 14.2 Å². The molecule has 2 N–H and O–H groups in total. The van der Waals surface area contributed by atoms with Crippen molar-refractivity contribution in [2.45, 2.75) is 6.92 Å². The Morgan fingerprint density at radius 2 is 1.62 bits per heavy atom. The van der Waals surface area contributed by atoms with Crippen LogP contribution in [0, 0.1) is 6.92 Å². The molecular formula is C18H27N5O3. The van der Waals surface area contributed by atoms with Gasteiger partial charge in [0.15, 0.2) is 11.5 Å². The first-order valence-electron chi connectivity index (χ1n) is 8.28. The Bertz CT molecular complexity index is 712. The number of benzene rings is 1. The minimum atomic E-state index is 0.492. The van der Waals surface area contributed by atoms with Gasteiger partial charge in [-0.3, -0.25) is 0 Å². The van der Waals surface area contributed by atoms with Gasteiger partial charge in [-0.1, -0.05) is 0 Å². The normalized spacial score (nSPS) is 10.6. The van der Waals surface area contributed by atoms with Crippen LogP contribution in [0.5, 0.6) is 17.2 Å². The van der Waals surface area contributed by atoms with Gasteiger partial charge in [0, 0.05) is 42.7 Å². The second kappa shape index (κ2) is 9.10. The Labute approximate surface area is 154 Å². The molecule has 0 atom stereocenters. The molecule has 0 spiro atoms. The van der Waals surface area contributed by atoms with E-state index >= 15 is 0 Å². The Kier molecular flexibility index (Phi) is 6.85. The maximum Gasteiger partial charge on any atom is 0.229 e. The number of aromatic nitrogens is 2. The standard InChI is InChI=1S/C18H27N5O3/c1-12-9-16(19-7-8-23(2)3)22-18(20-12)21-13-10-14(24-4)17(26-6)15(11-13)25-5/h9-11H,7-8H2,1-6H3,(H2,19,20,21,22). The number of hydrogen-bond acceptors (Lipinski definition) is 8. The maximum atomic E-state index is 5.38. The molecule has 1 aromatic carbocycles. The summed E-state index contributed by atoms with van der Waals surface area (Å²) in [6, 6.07) is 5.54. The first-order chi connectivity index (χ1) is 12.5. The molecule has 0 fully saturated rings. The van der Waals surface area contributed by atoms with E-state index in [1.807, 2.05) is 39.2 Å². The number of hydrogen-bond donors (Lipinski definition) is 2. The van der Waals surface area contributed by atoms with Crippen LogP contribution < -0.4 is 24.8 Å². The summed E-state index contributed by atoms with van der Waals surface area (Å²) in [5, 5.41) is 6.50. The molecule has 0 aliphatic carbocycles. The molecule has 0 aliphatic rings. The van der Waals surface area contributed by atoms with E-state index in [1.165, 1.54) is 0 Å².